The van der Waals surface area contributed by atoms with Crippen molar-refractivity contribution in [1.82, 2.24) is 20.3 Å². The predicted octanol–water partition coefficient (Wildman–Crippen LogP) is 0.916. The normalized spacial score (nSPS) is 12.6. The van der Waals surface area contributed by atoms with Gasteiger partial charge in [0.2, 0.25) is 0 Å². The summed E-state index contributed by atoms with van der Waals surface area (Å²) in [6.45, 7) is 0.430. The fourth-order valence-corrected chi connectivity index (χ4v) is 1.74. The molecule has 2 aromatic rings. The van der Waals surface area contributed by atoms with Crippen LogP contribution in [0.1, 0.15) is 17.4 Å². The van der Waals surface area contributed by atoms with Gasteiger partial charge in [-0.1, -0.05) is 11.3 Å². The molecule has 0 fully saturated rings. The van der Waals surface area contributed by atoms with E-state index in [0.29, 0.717) is 6.54 Å². The Morgan fingerprint density at radius 2 is 2.05 bits per heavy atom. The number of benzene rings is 1. The van der Waals surface area contributed by atoms with E-state index < -0.39 is 17.7 Å². The second-order valence-corrected chi connectivity index (χ2v) is 4.13. The van der Waals surface area contributed by atoms with E-state index in [0.717, 1.165) is 17.8 Å². The Kier molecular flexibility index (Phi) is 4.18. The molecule has 7 heteroatoms. The Hall–Kier alpha value is -1.86. The van der Waals surface area contributed by atoms with Crippen molar-refractivity contribution >= 4 is 0 Å². The predicted molar refractivity (Wildman–Crippen MR) is 64.0 cm³/mol. The van der Waals surface area contributed by atoms with Crippen molar-refractivity contribution in [1.29, 1.82) is 0 Å². The van der Waals surface area contributed by atoms with Crippen molar-refractivity contribution in [3.63, 3.8) is 0 Å². The molecule has 0 radical (unpaired) electrons. The number of aliphatic hydroxyl groups is 1. The zero-order valence-electron chi connectivity index (χ0n) is 10.3. The van der Waals surface area contributed by atoms with Crippen LogP contribution in [-0.4, -0.2) is 26.6 Å². The number of nitrogens with one attached hydrogen (secondary N) is 1. The molecule has 1 aromatic carbocycles. The number of halogens is 2. The van der Waals surface area contributed by atoms with Gasteiger partial charge in [0.1, 0.15) is 11.6 Å². The molecule has 19 heavy (non-hydrogen) atoms. The molecule has 0 spiro atoms. The van der Waals surface area contributed by atoms with Gasteiger partial charge < -0.3 is 10.4 Å². The van der Waals surface area contributed by atoms with Crippen LogP contribution in [0.5, 0.6) is 0 Å². The van der Waals surface area contributed by atoms with Crippen LogP contribution in [0.25, 0.3) is 0 Å². The van der Waals surface area contributed by atoms with E-state index in [4.69, 9.17) is 0 Å². The smallest absolute Gasteiger partial charge is 0.131 e. The summed E-state index contributed by atoms with van der Waals surface area (Å²) in [6.07, 6.45) is 0.325. The standard InChI is InChI=1S/C12H14F2N4O/c1-18-8(6-16-17-18)5-15-7-11(19)12-9(13)3-2-4-10(12)14/h2-4,6,11,15,19H,5,7H2,1H3. The zero-order chi connectivity index (χ0) is 13.8. The molecule has 2 rings (SSSR count). The molecule has 0 bridgehead atoms. The summed E-state index contributed by atoms with van der Waals surface area (Å²) in [5.41, 5.74) is 0.485. The molecule has 5 nitrogen and oxygen atoms in total. The first-order chi connectivity index (χ1) is 9.09. The molecule has 0 aliphatic carbocycles. The average molecular weight is 268 g/mol. The number of hydrogen-bond acceptors (Lipinski definition) is 4. The number of aliphatic hydroxyl groups excluding tert-OH is 1. The summed E-state index contributed by atoms with van der Waals surface area (Å²) in [7, 11) is 1.73. The fourth-order valence-electron chi connectivity index (χ4n) is 1.74. The van der Waals surface area contributed by atoms with E-state index in [2.05, 4.69) is 15.6 Å². The highest BCUT2D eigenvalue weighted by Gasteiger charge is 2.17. The van der Waals surface area contributed by atoms with Gasteiger partial charge in [0.15, 0.2) is 0 Å². The summed E-state index contributed by atoms with van der Waals surface area (Å²) in [6, 6.07) is 3.50. The van der Waals surface area contributed by atoms with Crippen molar-refractivity contribution in [2.45, 2.75) is 12.6 Å². The highest BCUT2D eigenvalue weighted by Crippen LogP contribution is 2.19. The Morgan fingerprint density at radius 1 is 1.37 bits per heavy atom. The highest BCUT2D eigenvalue weighted by molar-refractivity contribution is 5.22. The van der Waals surface area contributed by atoms with Gasteiger partial charge in [-0.25, -0.2) is 8.78 Å². The van der Waals surface area contributed by atoms with Crippen LogP contribution >= 0.6 is 0 Å². The Morgan fingerprint density at radius 3 is 2.63 bits per heavy atom. The van der Waals surface area contributed by atoms with Gasteiger partial charge in [-0.2, -0.15) is 0 Å². The van der Waals surface area contributed by atoms with Gasteiger partial charge in [0.25, 0.3) is 0 Å². The summed E-state index contributed by atoms with van der Waals surface area (Å²) >= 11 is 0. The minimum Gasteiger partial charge on any atom is -0.387 e. The molecule has 2 N–H and O–H groups in total. The maximum Gasteiger partial charge on any atom is 0.131 e. The summed E-state index contributed by atoms with van der Waals surface area (Å²) in [5.74, 6) is -1.51. The molecule has 0 aliphatic rings. The van der Waals surface area contributed by atoms with E-state index >= 15 is 0 Å². The quantitative estimate of drug-likeness (QED) is 0.846. The number of rotatable bonds is 5. The minimum atomic E-state index is -1.25. The Labute approximate surface area is 108 Å². The second kappa shape index (κ2) is 5.85. The van der Waals surface area contributed by atoms with Crippen molar-refractivity contribution < 1.29 is 13.9 Å². The maximum atomic E-state index is 13.4. The van der Waals surface area contributed by atoms with E-state index in [1.54, 1.807) is 17.9 Å². The van der Waals surface area contributed by atoms with Crippen LogP contribution in [-0.2, 0) is 13.6 Å². The van der Waals surface area contributed by atoms with Gasteiger partial charge in [-0.05, 0) is 12.1 Å². The number of aromatic nitrogens is 3. The lowest BCUT2D eigenvalue weighted by Crippen LogP contribution is -2.23. The van der Waals surface area contributed by atoms with Crippen LogP contribution in [0, 0.1) is 11.6 Å². The third kappa shape index (κ3) is 3.12. The number of aryl methyl sites for hydroxylation is 1. The van der Waals surface area contributed by atoms with Crippen molar-refractivity contribution in [2.24, 2.45) is 7.05 Å². The summed E-state index contributed by atoms with van der Waals surface area (Å²) in [5, 5.41) is 20.1. The second-order valence-electron chi connectivity index (χ2n) is 4.13. The molecule has 0 amide bonds. The monoisotopic (exact) mass is 268 g/mol. The molecule has 0 saturated heterocycles. The molecular formula is C12H14F2N4O. The van der Waals surface area contributed by atoms with Gasteiger partial charge in [0, 0.05) is 20.1 Å². The average Bonchev–Trinajstić information content (AvgIpc) is 2.75. The maximum absolute atomic E-state index is 13.4. The van der Waals surface area contributed by atoms with Crippen molar-refractivity contribution in [2.75, 3.05) is 6.54 Å². The van der Waals surface area contributed by atoms with E-state index in [9.17, 15) is 13.9 Å². The first-order valence-corrected chi connectivity index (χ1v) is 5.76. The Bertz CT molecular complexity index is 538. The van der Waals surface area contributed by atoms with Crippen LogP contribution < -0.4 is 5.32 Å². The number of nitrogens with zero attached hydrogens (tertiary/aromatic N) is 3. The van der Waals surface area contributed by atoms with Crippen LogP contribution in [0.4, 0.5) is 8.78 Å². The van der Waals surface area contributed by atoms with E-state index in [1.807, 2.05) is 0 Å². The molecule has 0 aliphatic heterocycles. The molecule has 1 aromatic heterocycles. The molecule has 1 heterocycles. The van der Waals surface area contributed by atoms with Gasteiger partial charge >= 0.3 is 0 Å². The van der Waals surface area contributed by atoms with Crippen molar-refractivity contribution in [3.05, 3.63) is 47.3 Å². The lowest BCUT2D eigenvalue weighted by molar-refractivity contribution is 0.164. The van der Waals surface area contributed by atoms with Crippen LogP contribution in [0.3, 0.4) is 0 Å². The number of hydrogen-bond donors (Lipinski definition) is 2. The molecule has 1 atom stereocenters. The zero-order valence-corrected chi connectivity index (χ0v) is 10.3. The molecule has 1 unspecified atom stereocenters. The minimum absolute atomic E-state index is 0.0308. The van der Waals surface area contributed by atoms with Crippen LogP contribution in [0.15, 0.2) is 24.4 Å². The molecular weight excluding hydrogens is 254 g/mol. The summed E-state index contributed by atoms with van der Waals surface area (Å²) < 4.78 is 28.4. The lowest BCUT2D eigenvalue weighted by Gasteiger charge is -2.13. The third-order valence-corrected chi connectivity index (χ3v) is 2.78. The van der Waals surface area contributed by atoms with Gasteiger partial charge in [-0.3, -0.25) is 4.68 Å². The molecule has 0 saturated carbocycles. The largest absolute Gasteiger partial charge is 0.387 e. The highest BCUT2D eigenvalue weighted by atomic mass is 19.1. The topological polar surface area (TPSA) is 63.0 Å². The molecule has 102 valence electrons. The first-order valence-electron chi connectivity index (χ1n) is 5.76. The summed E-state index contributed by atoms with van der Waals surface area (Å²) in [4.78, 5) is 0. The van der Waals surface area contributed by atoms with E-state index in [1.165, 1.54) is 6.07 Å². The lowest BCUT2D eigenvalue weighted by atomic mass is 10.1. The third-order valence-electron chi connectivity index (χ3n) is 2.78. The van der Waals surface area contributed by atoms with Gasteiger partial charge in [0.05, 0.1) is 23.6 Å². The van der Waals surface area contributed by atoms with Crippen LogP contribution in [0.2, 0.25) is 0 Å². The van der Waals surface area contributed by atoms with Gasteiger partial charge in [-0.15, -0.1) is 5.10 Å². The van der Waals surface area contributed by atoms with E-state index in [-0.39, 0.29) is 12.1 Å². The SMILES string of the molecule is Cn1nncc1CNCC(O)c1c(F)cccc1F. The fraction of sp³-hybridized carbons (Fsp3) is 0.333. The first kappa shape index (κ1) is 13.6. The Balaban J connectivity index is 1.95. The van der Waals surface area contributed by atoms with Crippen molar-refractivity contribution in [3.8, 4) is 0 Å².